The van der Waals surface area contributed by atoms with Crippen molar-refractivity contribution >= 4 is 11.9 Å². The summed E-state index contributed by atoms with van der Waals surface area (Å²) in [6, 6.07) is 3.59. The van der Waals surface area contributed by atoms with Gasteiger partial charge in [0.05, 0.1) is 25.4 Å². The molecular formula is C12H14O7. The third-order valence-electron chi connectivity index (χ3n) is 2.18. The van der Waals surface area contributed by atoms with Gasteiger partial charge in [0.25, 0.3) is 0 Å². The molecule has 7 heteroatoms. The highest BCUT2D eigenvalue weighted by atomic mass is 16.5. The molecule has 0 aliphatic heterocycles. The molecule has 0 atom stereocenters. The molecule has 0 saturated heterocycles. The molecule has 0 spiro atoms. The van der Waals surface area contributed by atoms with Crippen molar-refractivity contribution in [3.63, 3.8) is 0 Å². The molecule has 0 bridgehead atoms. The average Bonchev–Trinajstić information content (AvgIpc) is 2.38. The summed E-state index contributed by atoms with van der Waals surface area (Å²) in [6.07, 6.45) is 0. The zero-order valence-corrected chi connectivity index (χ0v) is 10.0. The Balaban J connectivity index is 2.71. The Labute approximate surface area is 109 Å². The Hall–Kier alpha value is -2.12. The second-order valence-electron chi connectivity index (χ2n) is 3.51. The summed E-state index contributed by atoms with van der Waals surface area (Å²) in [5, 5.41) is 26.2. The SMILES string of the molecule is O=C(O)c1ccc(OCCOCCO)c(C(=O)O)c1. The zero-order chi connectivity index (χ0) is 14.3. The summed E-state index contributed by atoms with van der Waals surface area (Å²) in [4.78, 5) is 21.7. The lowest BCUT2D eigenvalue weighted by Crippen LogP contribution is -2.12. The maximum absolute atomic E-state index is 11.0. The number of benzene rings is 1. The molecule has 0 aliphatic rings. The van der Waals surface area contributed by atoms with Crippen LogP contribution in [0.25, 0.3) is 0 Å². The molecule has 1 aromatic carbocycles. The molecule has 0 unspecified atom stereocenters. The molecule has 0 heterocycles. The molecule has 0 amide bonds. The second kappa shape index (κ2) is 7.34. The lowest BCUT2D eigenvalue weighted by Gasteiger charge is -2.09. The minimum Gasteiger partial charge on any atom is -0.490 e. The number of aromatic carboxylic acids is 2. The fraction of sp³-hybridized carbons (Fsp3) is 0.333. The van der Waals surface area contributed by atoms with Crippen LogP contribution in [0.5, 0.6) is 5.75 Å². The lowest BCUT2D eigenvalue weighted by atomic mass is 10.1. The standard InChI is InChI=1S/C12H14O7/c13-3-4-18-5-6-19-10-2-1-8(11(14)15)7-9(10)12(16)17/h1-2,7,13H,3-6H2,(H,14,15)(H,16,17). The molecule has 0 aliphatic carbocycles. The van der Waals surface area contributed by atoms with E-state index in [1.165, 1.54) is 12.1 Å². The number of carbonyl (C=O) groups is 2. The van der Waals surface area contributed by atoms with Crippen LogP contribution in [-0.2, 0) is 4.74 Å². The Bertz CT molecular complexity index is 455. The van der Waals surface area contributed by atoms with Crippen LogP contribution in [0.4, 0.5) is 0 Å². The number of aliphatic hydroxyl groups excluding tert-OH is 1. The first kappa shape index (κ1) is 14.9. The Morgan fingerprint density at radius 3 is 2.37 bits per heavy atom. The van der Waals surface area contributed by atoms with E-state index in [9.17, 15) is 9.59 Å². The van der Waals surface area contributed by atoms with Gasteiger partial charge >= 0.3 is 11.9 Å². The van der Waals surface area contributed by atoms with Gasteiger partial charge in [-0.1, -0.05) is 0 Å². The van der Waals surface area contributed by atoms with E-state index in [2.05, 4.69) is 0 Å². The largest absolute Gasteiger partial charge is 0.490 e. The summed E-state index contributed by atoms with van der Waals surface area (Å²) >= 11 is 0. The first-order valence-corrected chi connectivity index (χ1v) is 5.48. The highest BCUT2D eigenvalue weighted by molar-refractivity contribution is 5.95. The van der Waals surface area contributed by atoms with E-state index in [0.29, 0.717) is 0 Å². The van der Waals surface area contributed by atoms with Crippen LogP contribution in [0.15, 0.2) is 18.2 Å². The number of hydrogen-bond acceptors (Lipinski definition) is 5. The van der Waals surface area contributed by atoms with E-state index in [-0.39, 0.29) is 43.3 Å². The molecule has 0 fully saturated rings. The number of carboxylic acid groups (broad SMARTS) is 2. The number of ether oxygens (including phenoxy) is 2. The van der Waals surface area contributed by atoms with Gasteiger partial charge in [0, 0.05) is 0 Å². The maximum Gasteiger partial charge on any atom is 0.339 e. The predicted octanol–water partition coefficient (Wildman–Crippen LogP) is 0.471. The summed E-state index contributed by atoms with van der Waals surface area (Å²) in [6.45, 7) is 0.369. The van der Waals surface area contributed by atoms with E-state index < -0.39 is 11.9 Å². The van der Waals surface area contributed by atoms with Crippen molar-refractivity contribution in [3.8, 4) is 5.75 Å². The Kier molecular flexibility index (Phi) is 5.77. The predicted molar refractivity (Wildman–Crippen MR) is 63.8 cm³/mol. The molecule has 0 saturated carbocycles. The van der Waals surface area contributed by atoms with Crippen LogP contribution in [0.2, 0.25) is 0 Å². The molecule has 7 nitrogen and oxygen atoms in total. The number of rotatable bonds is 8. The maximum atomic E-state index is 11.0. The molecule has 104 valence electrons. The van der Waals surface area contributed by atoms with Gasteiger partial charge in [-0.15, -0.1) is 0 Å². The summed E-state index contributed by atoms with van der Waals surface area (Å²) in [5.41, 5.74) is -0.344. The van der Waals surface area contributed by atoms with Gasteiger partial charge in [-0.05, 0) is 18.2 Å². The highest BCUT2D eigenvalue weighted by Gasteiger charge is 2.14. The number of aliphatic hydroxyl groups is 1. The van der Waals surface area contributed by atoms with Crippen molar-refractivity contribution in [3.05, 3.63) is 29.3 Å². The first-order chi connectivity index (χ1) is 9.06. The van der Waals surface area contributed by atoms with Crippen molar-refractivity contribution in [2.24, 2.45) is 0 Å². The van der Waals surface area contributed by atoms with Crippen molar-refractivity contribution in [2.75, 3.05) is 26.4 Å². The van der Waals surface area contributed by atoms with Gasteiger partial charge in [0.1, 0.15) is 17.9 Å². The van der Waals surface area contributed by atoms with E-state index in [1.54, 1.807) is 0 Å². The number of hydrogen-bond donors (Lipinski definition) is 3. The minimum absolute atomic E-state index is 0.0742. The smallest absolute Gasteiger partial charge is 0.339 e. The average molecular weight is 270 g/mol. The van der Waals surface area contributed by atoms with Crippen LogP contribution < -0.4 is 4.74 Å². The van der Waals surface area contributed by atoms with E-state index in [1.807, 2.05) is 0 Å². The Morgan fingerprint density at radius 1 is 1.05 bits per heavy atom. The van der Waals surface area contributed by atoms with Gasteiger partial charge in [-0.25, -0.2) is 9.59 Å². The van der Waals surface area contributed by atoms with Crippen LogP contribution in [-0.4, -0.2) is 53.7 Å². The van der Waals surface area contributed by atoms with Crippen LogP contribution in [0, 0.1) is 0 Å². The molecule has 0 radical (unpaired) electrons. The van der Waals surface area contributed by atoms with Crippen molar-refractivity contribution in [2.45, 2.75) is 0 Å². The Morgan fingerprint density at radius 2 is 1.79 bits per heavy atom. The topological polar surface area (TPSA) is 113 Å². The van der Waals surface area contributed by atoms with Gasteiger partial charge in [-0.3, -0.25) is 0 Å². The highest BCUT2D eigenvalue weighted by Crippen LogP contribution is 2.20. The fourth-order valence-electron chi connectivity index (χ4n) is 1.33. The summed E-state index contributed by atoms with van der Waals surface area (Å²) in [5.74, 6) is -2.40. The quantitative estimate of drug-likeness (QED) is 0.588. The van der Waals surface area contributed by atoms with Crippen LogP contribution >= 0.6 is 0 Å². The van der Waals surface area contributed by atoms with Gasteiger partial charge < -0.3 is 24.8 Å². The normalized spacial score (nSPS) is 10.2. The van der Waals surface area contributed by atoms with Crippen molar-refractivity contribution in [1.82, 2.24) is 0 Å². The third-order valence-corrected chi connectivity index (χ3v) is 2.18. The summed E-state index contributed by atoms with van der Waals surface area (Å²) in [7, 11) is 0. The van der Waals surface area contributed by atoms with Gasteiger partial charge in [0.2, 0.25) is 0 Å². The molecule has 0 aromatic heterocycles. The van der Waals surface area contributed by atoms with Crippen LogP contribution in [0.1, 0.15) is 20.7 Å². The van der Waals surface area contributed by atoms with Gasteiger partial charge in [0.15, 0.2) is 0 Å². The zero-order valence-electron chi connectivity index (χ0n) is 10.0. The van der Waals surface area contributed by atoms with Crippen molar-refractivity contribution in [1.29, 1.82) is 0 Å². The molecule has 1 rings (SSSR count). The van der Waals surface area contributed by atoms with E-state index in [0.717, 1.165) is 6.07 Å². The van der Waals surface area contributed by atoms with Gasteiger partial charge in [-0.2, -0.15) is 0 Å². The first-order valence-electron chi connectivity index (χ1n) is 5.48. The molecule has 19 heavy (non-hydrogen) atoms. The minimum atomic E-state index is -1.27. The molecular weight excluding hydrogens is 256 g/mol. The fourth-order valence-corrected chi connectivity index (χ4v) is 1.33. The van der Waals surface area contributed by atoms with E-state index in [4.69, 9.17) is 24.8 Å². The second-order valence-corrected chi connectivity index (χ2v) is 3.51. The lowest BCUT2D eigenvalue weighted by molar-refractivity contribution is 0.0656. The monoisotopic (exact) mass is 270 g/mol. The third kappa shape index (κ3) is 4.57. The molecule has 3 N–H and O–H groups in total. The molecule has 1 aromatic rings. The summed E-state index contributed by atoms with van der Waals surface area (Å²) < 4.78 is 10.1. The number of carboxylic acids is 2. The van der Waals surface area contributed by atoms with Crippen LogP contribution in [0.3, 0.4) is 0 Å². The van der Waals surface area contributed by atoms with E-state index >= 15 is 0 Å². The van der Waals surface area contributed by atoms with Crippen molar-refractivity contribution < 1.29 is 34.4 Å².